The summed E-state index contributed by atoms with van der Waals surface area (Å²) >= 11 is 0. The molecule has 1 aromatic carbocycles. The molecule has 1 aliphatic carbocycles. The standard InChI is InChI=1S/C14H19NO2/c1-15-8-6-14(7-9-15)11-5-3-2-4-10(11)12(16)13(14)17/h2-5,12-13,16-17H,6-9H2,1H3. The molecule has 92 valence electrons. The Morgan fingerprint density at radius 1 is 1.18 bits per heavy atom. The van der Waals surface area contributed by atoms with Gasteiger partial charge in [0, 0.05) is 5.41 Å². The van der Waals surface area contributed by atoms with E-state index >= 15 is 0 Å². The van der Waals surface area contributed by atoms with Crippen LogP contribution in [0.3, 0.4) is 0 Å². The lowest BCUT2D eigenvalue weighted by atomic mass is 9.72. The third-order valence-corrected chi connectivity index (χ3v) is 4.56. The van der Waals surface area contributed by atoms with E-state index in [-0.39, 0.29) is 5.41 Å². The summed E-state index contributed by atoms with van der Waals surface area (Å²) in [5.41, 5.74) is 1.86. The number of aliphatic hydroxyl groups is 2. The van der Waals surface area contributed by atoms with Gasteiger partial charge in [0.2, 0.25) is 0 Å². The molecule has 0 aromatic heterocycles. The van der Waals surface area contributed by atoms with Gasteiger partial charge in [0.1, 0.15) is 6.10 Å². The van der Waals surface area contributed by atoms with Gasteiger partial charge in [0.25, 0.3) is 0 Å². The van der Waals surface area contributed by atoms with Gasteiger partial charge in [-0.1, -0.05) is 24.3 Å². The summed E-state index contributed by atoms with van der Waals surface area (Å²) in [6.45, 7) is 1.97. The minimum atomic E-state index is -0.713. The molecule has 2 atom stereocenters. The van der Waals surface area contributed by atoms with Gasteiger partial charge >= 0.3 is 0 Å². The first kappa shape index (κ1) is 11.2. The van der Waals surface area contributed by atoms with Gasteiger partial charge in [0.15, 0.2) is 0 Å². The van der Waals surface area contributed by atoms with E-state index in [0.29, 0.717) is 0 Å². The van der Waals surface area contributed by atoms with Crippen LogP contribution < -0.4 is 0 Å². The predicted molar refractivity (Wildman–Crippen MR) is 65.8 cm³/mol. The van der Waals surface area contributed by atoms with Crippen molar-refractivity contribution in [3.63, 3.8) is 0 Å². The molecule has 0 radical (unpaired) electrons. The lowest BCUT2D eigenvalue weighted by Crippen LogP contribution is -2.46. The average molecular weight is 233 g/mol. The van der Waals surface area contributed by atoms with Crippen molar-refractivity contribution in [1.29, 1.82) is 0 Å². The van der Waals surface area contributed by atoms with E-state index in [0.717, 1.165) is 37.1 Å². The number of fused-ring (bicyclic) bond motifs is 2. The molecule has 1 saturated heterocycles. The number of piperidine rings is 1. The maximum absolute atomic E-state index is 10.4. The van der Waals surface area contributed by atoms with Gasteiger partial charge in [-0.05, 0) is 44.1 Å². The Bertz CT molecular complexity index is 424. The lowest BCUT2D eigenvalue weighted by Gasteiger charge is -2.41. The van der Waals surface area contributed by atoms with Crippen LogP contribution in [0.2, 0.25) is 0 Å². The van der Waals surface area contributed by atoms with Crippen LogP contribution in [0.4, 0.5) is 0 Å². The van der Waals surface area contributed by atoms with E-state index in [1.165, 1.54) is 0 Å². The van der Waals surface area contributed by atoms with Crippen LogP contribution in [0.1, 0.15) is 30.1 Å². The van der Waals surface area contributed by atoms with E-state index in [1.54, 1.807) is 0 Å². The molecule has 1 fully saturated rings. The molecule has 17 heavy (non-hydrogen) atoms. The molecular formula is C14H19NO2. The minimum absolute atomic E-state index is 0.220. The predicted octanol–water partition coefficient (Wildman–Crippen LogP) is 1.06. The maximum Gasteiger partial charge on any atom is 0.106 e. The highest BCUT2D eigenvalue weighted by molar-refractivity contribution is 5.44. The fourth-order valence-electron chi connectivity index (χ4n) is 3.42. The minimum Gasteiger partial charge on any atom is -0.389 e. The summed E-state index contributed by atoms with van der Waals surface area (Å²) in [6.07, 6.45) is 0.500. The van der Waals surface area contributed by atoms with Crippen LogP contribution in [0.25, 0.3) is 0 Å². The molecule has 2 unspecified atom stereocenters. The summed E-state index contributed by atoms with van der Waals surface area (Å²) in [5.74, 6) is 0. The first-order valence-corrected chi connectivity index (χ1v) is 6.29. The molecule has 3 heteroatoms. The van der Waals surface area contributed by atoms with Gasteiger partial charge in [-0.3, -0.25) is 0 Å². The molecule has 3 nitrogen and oxygen atoms in total. The van der Waals surface area contributed by atoms with E-state index in [4.69, 9.17) is 0 Å². The molecule has 1 spiro atoms. The fraction of sp³-hybridized carbons (Fsp3) is 0.571. The first-order valence-electron chi connectivity index (χ1n) is 6.29. The van der Waals surface area contributed by atoms with Crippen LogP contribution in [0, 0.1) is 0 Å². The van der Waals surface area contributed by atoms with Crippen molar-refractivity contribution in [2.45, 2.75) is 30.5 Å². The monoisotopic (exact) mass is 233 g/mol. The number of rotatable bonds is 0. The zero-order valence-corrected chi connectivity index (χ0v) is 10.1. The van der Waals surface area contributed by atoms with E-state index in [9.17, 15) is 10.2 Å². The number of hydrogen-bond donors (Lipinski definition) is 2. The van der Waals surface area contributed by atoms with Gasteiger partial charge in [-0.25, -0.2) is 0 Å². The van der Waals surface area contributed by atoms with Crippen molar-refractivity contribution in [2.24, 2.45) is 0 Å². The quantitative estimate of drug-likeness (QED) is 0.704. The zero-order valence-electron chi connectivity index (χ0n) is 10.1. The molecular weight excluding hydrogens is 214 g/mol. The lowest BCUT2D eigenvalue weighted by molar-refractivity contribution is -0.0336. The summed E-state index contributed by atoms with van der Waals surface area (Å²) < 4.78 is 0. The molecule has 1 aromatic rings. The highest BCUT2D eigenvalue weighted by Gasteiger charge is 2.51. The second-order valence-corrected chi connectivity index (χ2v) is 5.44. The summed E-state index contributed by atoms with van der Waals surface area (Å²) in [7, 11) is 2.11. The second-order valence-electron chi connectivity index (χ2n) is 5.44. The Morgan fingerprint density at radius 3 is 2.53 bits per heavy atom. The molecule has 2 aliphatic rings. The molecule has 0 amide bonds. The Hall–Kier alpha value is -0.900. The maximum atomic E-state index is 10.4. The molecule has 0 bridgehead atoms. The van der Waals surface area contributed by atoms with Gasteiger partial charge in [-0.15, -0.1) is 0 Å². The van der Waals surface area contributed by atoms with Crippen LogP contribution in [-0.4, -0.2) is 41.4 Å². The fourth-order valence-corrected chi connectivity index (χ4v) is 3.42. The Balaban J connectivity index is 2.05. The SMILES string of the molecule is CN1CCC2(CC1)c1ccccc1C(O)C2O. The molecule has 2 N–H and O–H groups in total. The molecule has 0 saturated carbocycles. The third kappa shape index (κ3) is 1.46. The van der Waals surface area contributed by atoms with Gasteiger partial charge in [-0.2, -0.15) is 0 Å². The van der Waals surface area contributed by atoms with E-state index < -0.39 is 12.2 Å². The van der Waals surface area contributed by atoms with Gasteiger partial charge in [0.05, 0.1) is 6.10 Å². The molecule has 1 heterocycles. The summed E-state index contributed by atoms with van der Waals surface area (Å²) in [5, 5.41) is 20.6. The third-order valence-electron chi connectivity index (χ3n) is 4.56. The second kappa shape index (κ2) is 3.80. The molecule has 1 aliphatic heterocycles. The normalized spacial score (nSPS) is 31.7. The van der Waals surface area contributed by atoms with Crippen molar-refractivity contribution in [2.75, 3.05) is 20.1 Å². The van der Waals surface area contributed by atoms with Crippen LogP contribution >= 0.6 is 0 Å². The highest BCUT2D eigenvalue weighted by atomic mass is 16.3. The number of likely N-dealkylation sites (tertiary alicyclic amines) is 1. The summed E-state index contributed by atoms with van der Waals surface area (Å²) in [6, 6.07) is 7.95. The van der Waals surface area contributed by atoms with Crippen molar-refractivity contribution >= 4 is 0 Å². The largest absolute Gasteiger partial charge is 0.389 e. The Labute approximate surface area is 102 Å². The zero-order chi connectivity index (χ0) is 12.0. The number of hydrogen-bond acceptors (Lipinski definition) is 3. The highest BCUT2D eigenvalue weighted by Crippen LogP contribution is 2.50. The van der Waals surface area contributed by atoms with Gasteiger partial charge < -0.3 is 15.1 Å². The smallest absolute Gasteiger partial charge is 0.106 e. The van der Waals surface area contributed by atoms with Crippen LogP contribution in [-0.2, 0) is 5.41 Å². The van der Waals surface area contributed by atoms with Crippen molar-refractivity contribution in [3.05, 3.63) is 35.4 Å². The van der Waals surface area contributed by atoms with Crippen molar-refractivity contribution in [3.8, 4) is 0 Å². The number of aliphatic hydroxyl groups excluding tert-OH is 2. The van der Waals surface area contributed by atoms with Crippen LogP contribution in [0.15, 0.2) is 24.3 Å². The first-order chi connectivity index (χ1) is 8.15. The van der Waals surface area contributed by atoms with Crippen molar-refractivity contribution in [1.82, 2.24) is 4.90 Å². The summed E-state index contributed by atoms with van der Waals surface area (Å²) in [4.78, 5) is 2.28. The van der Waals surface area contributed by atoms with Crippen molar-refractivity contribution < 1.29 is 10.2 Å². The topological polar surface area (TPSA) is 43.7 Å². The molecule has 3 rings (SSSR count). The Kier molecular flexibility index (Phi) is 2.51. The van der Waals surface area contributed by atoms with E-state index in [2.05, 4.69) is 18.0 Å². The number of nitrogens with zero attached hydrogens (tertiary/aromatic N) is 1. The Morgan fingerprint density at radius 2 is 1.82 bits per heavy atom. The van der Waals surface area contributed by atoms with Crippen LogP contribution in [0.5, 0.6) is 0 Å². The van der Waals surface area contributed by atoms with E-state index in [1.807, 2.05) is 18.2 Å². The number of benzene rings is 1. The average Bonchev–Trinajstić information content (AvgIpc) is 2.57.